The van der Waals surface area contributed by atoms with E-state index in [0.29, 0.717) is 5.22 Å². The Morgan fingerprint density at radius 3 is 2.69 bits per heavy atom. The Labute approximate surface area is 82.2 Å². The van der Waals surface area contributed by atoms with Gasteiger partial charge in [-0.2, -0.15) is 5.26 Å². The van der Waals surface area contributed by atoms with Gasteiger partial charge in [-0.15, -0.1) is 0 Å². The van der Waals surface area contributed by atoms with Crippen LogP contribution in [0.5, 0.6) is 0 Å². The second-order valence-electron chi connectivity index (χ2n) is 2.77. The van der Waals surface area contributed by atoms with E-state index in [1.54, 1.807) is 0 Å². The van der Waals surface area contributed by atoms with Crippen molar-refractivity contribution in [1.82, 2.24) is 4.98 Å². The van der Waals surface area contributed by atoms with Crippen molar-refractivity contribution in [1.29, 1.82) is 5.26 Å². The van der Waals surface area contributed by atoms with E-state index in [-0.39, 0.29) is 5.25 Å². The molecule has 70 valence electrons. The highest BCUT2D eigenvalue weighted by Gasteiger charge is 2.12. The lowest BCUT2D eigenvalue weighted by Gasteiger charge is -1.99. The van der Waals surface area contributed by atoms with Crippen molar-refractivity contribution in [3.05, 3.63) is 11.5 Å². The largest absolute Gasteiger partial charge is 0.437 e. The maximum absolute atomic E-state index is 8.72. The van der Waals surface area contributed by atoms with Crippen molar-refractivity contribution in [2.24, 2.45) is 0 Å². The van der Waals surface area contributed by atoms with Gasteiger partial charge in [0.1, 0.15) is 11.0 Å². The maximum atomic E-state index is 8.72. The van der Waals surface area contributed by atoms with E-state index in [4.69, 9.17) is 9.68 Å². The molecule has 1 atom stereocenters. The smallest absolute Gasteiger partial charge is 0.257 e. The van der Waals surface area contributed by atoms with Gasteiger partial charge in [0.05, 0.1) is 11.8 Å². The van der Waals surface area contributed by atoms with E-state index < -0.39 is 0 Å². The molecule has 1 rings (SSSR count). The lowest BCUT2D eigenvalue weighted by atomic mass is 10.4. The molecule has 0 amide bonds. The van der Waals surface area contributed by atoms with Gasteiger partial charge in [-0.3, -0.25) is 0 Å². The molecule has 4 heteroatoms. The predicted octanol–water partition coefficient (Wildman–Crippen LogP) is 2.69. The van der Waals surface area contributed by atoms with Crippen molar-refractivity contribution >= 4 is 11.8 Å². The summed E-state index contributed by atoms with van der Waals surface area (Å²) in [5, 5.41) is 9.27. The van der Waals surface area contributed by atoms with Crippen LogP contribution in [0, 0.1) is 25.2 Å². The Bertz CT molecular complexity index is 307. The Morgan fingerprint density at radius 1 is 1.62 bits per heavy atom. The Hall–Kier alpha value is -0.950. The van der Waals surface area contributed by atoms with Gasteiger partial charge >= 0.3 is 0 Å². The molecule has 1 aromatic heterocycles. The third kappa shape index (κ3) is 2.49. The van der Waals surface area contributed by atoms with E-state index in [2.05, 4.69) is 11.1 Å². The minimum absolute atomic E-state index is 0.0579. The summed E-state index contributed by atoms with van der Waals surface area (Å²) in [5.41, 5.74) is 0.898. The summed E-state index contributed by atoms with van der Waals surface area (Å²) in [5.74, 6) is 0.829. The first-order chi connectivity index (χ1) is 6.17. The van der Waals surface area contributed by atoms with E-state index in [1.165, 1.54) is 11.8 Å². The highest BCUT2D eigenvalue weighted by molar-refractivity contribution is 7.99. The van der Waals surface area contributed by atoms with Crippen LogP contribution in [0.2, 0.25) is 0 Å². The van der Waals surface area contributed by atoms with E-state index in [9.17, 15) is 0 Å². The van der Waals surface area contributed by atoms with Crippen LogP contribution in [-0.2, 0) is 0 Å². The molecule has 3 nitrogen and oxygen atoms in total. The van der Waals surface area contributed by atoms with Crippen LogP contribution in [0.4, 0.5) is 0 Å². The number of nitriles is 1. The summed E-state index contributed by atoms with van der Waals surface area (Å²) in [6.45, 7) is 5.75. The van der Waals surface area contributed by atoms with E-state index in [0.717, 1.165) is 17.9 Å². The molecular weight excluding hydrogens is 184 g/mol. The molecule has 0 saturated carbocycles. The standard InChI is InChI=1S/C9H12N2OS/c1-4-8(5-10)13-9-11-6(2)7(3)12-9/h8H,4H2,1-3H3. The summed E-state index contributed by atoms with van der Waals surface area (Å²) in [6, 6.07) is 2.19. The van der Waals surface area contributed by atoms with Gasteiger partial charge in [0.15, 0.2) is 0 Å². The third-order valence-electron chi connectivity index (χ3n) is 1.77. The fourth-order valence-electron chi connectivity index (χ4n) is 0.816. The molecule has 1 aromatic rings. The van der Waals surface area contributed by atoms with Gasteiger partial charge < -0.3 is 4.42 Å². The van der Waals surface area contributed by atoms with Gasteiger partial charge in [-0.1, -0.05) is 6.92 Å². The van der Waals surface area contributed by atoms with Crippen molar-refractivity contribution in [2.75, 3.05) is 0 Å². The third-order valence-corrected chi connectivity index (χ3v) is 2.87. The van der Waals surface area contributed by atoms with Gasteiger partial charge in [-0.25, -0.2) is 4.98 Å². The molecule has 1 heterocycles. The number of aromatic nitrogens is 1. The normalized spacial score (nSPS) is 12.5. The monoisotopic (exact) mass is 196 g/mol. The minimum atomic E-state index is -0.0579. The van der Waals surface area contributed by atoms with Crippen LogP contribution in [-0.4, -0.2) is 10.2 Å². The molecule has 0 aromatic carbocycles. The molecule has 0 bridgehead atoms. The summed E-state index contributed by atoms with van der Waals surface area (Å²) in [6.07, 6.45) is 0.807. The zero-order chi connectivity index (χ0) is 9.84. The molecule has 0 radical (unpaired) electrons. The van der Waals surface area contributed by atoms with Crippen molar-refractivity contribution in [2.45, 2.75) is 37.7 Å². The number of thioether (sulfide) groups is 1. The minimum Gasteiger partial charge on any atom is -0.437 e. The molecule has 0 spiro atoms. The van der Waals surface area contributed by atoms with Gasteiger partial charge in [0, 0.05) is 0 Å². The molecule has 0 N–H and O–H groups in total. The molecule has 1 unspecified atom stereocenters. The number of hydrogen-bond donors (Lipinski definition) is 0. The van der Waals surface area contributed by atoms with Crippen molar-refractivity contribution in [3.8, 4) is 6.07 Å². The van der Waals surface area contributed by atoms with E-state index in [1.807, 2.05) is 20.8 Å². The highest BCUT2D eigenvalue weighted by Crippen LogP contribution is 2.25. The number of hydrogen-bond acceptors (Lipinski definition) is 4. The topological polar surface area (TPSA) is 49.8 Å². The van der Waals surface area contributed by atoms with Crippen LogP contribution < -0.4 is 0 Å². The van der Waals surface area contributed by atoms with Crippen LogP contribution in [0.25, 0.3) is 0 Å². The molecule has 0 fully saturated rings. The molecule has 0 saturated heterocycles. The number of aryl methyl sites for hydroxylation is 2. The number of rotatable bonds is 3. The van der Waals surface area contributed by atoms with Crippen LogP contribution in [0.1, 0.15) is 24.8 Å². The molecule has 0 aliphatic carbocycles. The summed E-state index contributed by atoms with van der Waals surface area (Å²) < 4.78 is 5.35. The molecule has 0 aliphatic heterocycles. The zero-order valence-corrected chi connectivity index (χ0v) is 8.81. The molecular formula is C9H12N2OS. The fraction of sp³-hybridized carbons (Fsp3) is 0.556. The first-order valence-corrected chi connectivity index (χ1v) is 5.05. The van der Waals surface area contributed by atoms with Gasteiger partial charge in [-0.05, 0) is 32.0 Å². The Kier molecular flexibility index (Phi) is 3.38. The maximum Gasteiger partial charge on any atom is 0.257 e. The SMILES string of the molecule is CCC(C#N)Sc1nc(C)c(C)o1. The van der Waals surface area contributed by atoms with Gasteiger partial charge in [0.25, 0.3) is 5.22 Å². The molecule has 13 heavy (non-hydrogen) atoms. The summed E-state index contributed by atoms with van der Waals surface area (Å²) >= 11 is 1.38. The van der Waals surface area contributed by atoms with Crippen molar-refractivity contribution in [3.63, 3.8) is 0 Å². The Morgan fingerprint density at radius 2 is 2.31 bits per heavy atom. The highest BCUT2D eigenvalue weighted by atomic mass is 32.2. The van der Waals surface area contributed by atoms with Crippen LogP contribution >= 0.6 is 11.8 Å². The lowest BCUT2D eigenvalue weighted by molar-refractivity contribution is 0.430. The first-order valence-electron chi connectivity index (χ1n) is 4.17. The Balaban J connectivity index is 2.69. The quantitative estimate of drug-likeness (QED) is 0.697. The lowest BCUT2D eigenvalue weighted by Crippen LogP contribution is -1.94. The average Bonchev–Trinajstić information content (AvgIpc) is 2.42. The fourth-order valence-corrected chi connectivity index (χ4v) is 1.64. The number of nitrogens with zero attached hydrogens (tertiary/aromatic N) is 2. The average molecular weight is 196 g/mol. The zero-order valence-electron chi connectivity index (χ0n) is 8.00. The van der Waals surface area contributed by atoms with Crippen LogP contribution in [0.15, 0.2) is 9.64 Å². The van der Waals surface area contributed by atoms with Gasteiger partial charge in [0.2, 0.25) is 0 Å². The van der Waals surface area contributed by atoms with Crippen LogP contribution in [0.3, 0.4) is 0 Å². The van der Waals surface area contributed by atoms with E-state index >= 15 is 0 Å². The number of oxazole rings is 1. The summed E-state index contributed by atoms with van der Waals surface area (Å²) in [7, 11) is 0. The predicted molar refractivity (Wildman–Crippen MR) is 51.5 cm³/mol. The second kappa shape index (κ2) is 4.33. The van der Waals surface area contributed by atoms with Crippen molar-refractivity contribution < 1.29 is 4.42 Å². The second-order valence-corrected chi connectivity index (χ2v) is 3.92. The molecule has 0 aliphatic rings. The summed E-state index contributed by atoms with van der Waals surface area (Å²) in [4.78, 5) is 4.19. The first kappa shape index (κ1) is 10.1.